The molecule has 0 aliphatic rings. The second-order valence-electron chi connectivity index (χ2n) is 2.66. The molecule has 72 valence electrons. The third-order valence-electron chi connectivity index (χ3n) is 1.51. The van der Waals surface area contributed by atoms with Crippen LogP contribution in [0.3, 0.4) is 0 Å². The molecule has 0 radical (unpaired) electrons. The smallest absolute Gasteiger partial charge is 0.154 e. The van der Waals surface area contributed by atoms with E-state index in [2.05, 4.69) is 21.9 Å². The van der Waals surface area contributed by atoms with Crippen molar-refractivity contribution in [3.63, 3.8) is 0 Å². The number of rotatable bonds is 4. The van der Waals surface area contributed by atoms with E-state index in [-0.39, 0.29) is 12.2 Å². The Morgan fingerprint density at radius 1 is 1.43 bits per heavy atom. The third-order valence-corrected chi connectivity index (χ3v) is 3.11. The fourth-order valence-electron chi connectivity index (χ4n) is 0.860. The lowest BCUT2D eigenvalue weighted by Crippen LogP contribution is -1.98. The second kappa shape index (κ2) is 5.90. The molecule has 0 fully saturated rings. The predicted octanol–water partition coefficient (Wildman–Crippen LogP) is 3.13. The average molecular weight is 269 g/mol. The monoisotopic (exact) mass is 268 g/mol. The van der Waals surface area contributed by atoms with Gasteiger partial charge in [-0.1, -0.05) is 21.9 Å². The number of hydrogen-bond acceptors (Lipinski definition) is 2. The van der Waals surface area contributed by atoms with Crippen LogP contribution in [0.4, 0.5) is 0 Å². The first-order valence-electron chi connectivity index (χ1n) is 4.06. The molecule has 0 saturated heterocycles. The van der Waals surface area contributed by atoms with Gasteiger partial charge in [-0.3, -0.25) is 4.79 Å². The summed E-state index contributed by atoms with van der Waals surface area (Å²) in [5.41, 5.74) is 0. The molecule has 0 saturated carbocycles. The Balaban J connectivity index is 2.43. The van der Waals surface area contributed by atoms with Crippen LogP contribution < -0.4 is 0 Å². The second-order valence-corrected chi connectivity index (χ2v) is 4.63. The number of benzene rings is 1. The molecule has 0 spiro atoms. The van der Waals surface area contributed by atoms with Crippen molar-refractivity contribution >= 4 is 33.5 Å². The Hall–Kier alpha value is -0.720. The van der Waals surface area contributed by atoms with Gasteiger partial charge in [0.2, 0.25) is 0 Å². The molecule has 1 rings (SSSR count). The quantitative estimate of drug-likeness (QED) is 0.617. The molecular weight excluding hydrogens is 260 g/mol. The molecule has 14 heavy (non-hydrogen) atoms. The molecule has 0 aliphatic carbocycles. The van der Waals surface area contributed by atoms with Crippen LogP contribution in [0.15, 0.2) is 33.6 Å². The SMILES string of the molecule is C#CCC(=O)CSc1ccc(Br)cc1. The number of Topliss-reactive ketones (excluding diaryl/α,β-unsaturated/α-hetero) is 1. The minimum Gasteiger partial charge on any atom is -0.298 e. The molecule has 0 atom stereocenters. The van der Waals surface area contributed by atoms with Crippen LogP contribution in [0.1, 0.15) is 6.42 Å². The standard InChI is InChI=1S/C11H9BrOS/c1-2-3-10(13)8-14-11-6-4-9(12)5-7-11/h1,4-7H,3,8H2. The number of ketones is 1. The van der Waals surface area contributed by atoms with Crippen molar-refractivity contribution < 1.29 is 4.79 Å². The summed E-state index contributed by atoms with van der Waals surface area (Å²) >= 11 is 4.86. The van der Waals surface area contributed by atoms with Gasteiger partial charge < -0.3 is 0 Å². The Kier molecular flexibility index (Phi) is 4.78. The summed E-state index contributed by atoms with van der Waals surface area (Å²) in [4.78, 5) is 12.2. The van der Waals surface area contributed by atoms with Crippen LogP contribution in [0, 0.1) is 12.3 Å². The van der Waals surface area contributed by atoms with E-state index in [0.717, 1.165) is 9.37 Å². The minimum absolute atomic E-state index is 0.0976. The number of carbonyl (C=O) groups is 1. The van der Waals surface area contributed by atoms with Crippen molar-refractivity contribution in [1.82, 2.24) is 0 Å². The van der Waals surface area contributed by atoms with Gasteiger partial charge in [-0.15, -0.1) is 18.2 Å². The summed E-state index contributed by atoms with van der Waals surface area (Å²) in [5.74, 6) is 2.89. The highest BCUT2D eigenvalue weighted by Gasteiger charge is 2.00. The van der Waals surface area contributed by atoms with E-state index < -0.39 is 0 Å². The lowest BCUT2D eigenvalue weighted by atomic mass is 10.3. The zero-order valence-electron chi connectivity index (χ0n) is 7.50. The first-order chi connectivity index (χ1) is 6.72. The van der Waals surface area contributed by atoms with Crippen LogP contribution in [0.25, 0.3) is 0 Å². The van der Waals surface area contributed by atoms with E-state index in [1.807, 2.05) is 24.3 Å². The highest BCUT2D eigenvalue weighted by Crippen LogP contribution is 2.20. The number of thioether (sulfide) groups is 1. The first-order valence-corrected chi connectivity index (χ1v) is 5.84. The average Bonchev–Trinajstić information content (AvgIpc) is 2.17. The summed E-state index contributed by atoms with van der Waals surface area (Å²) in [6, 6.07) is 7.85. The highest BCUT2D eigenvalue weighted by atomic mass is 79.9. The van der Waals surface area contributed by atoms with Crippen molar-refractivity contribution in [3.8, 4) is 12.3 Å². The van der Waals surface area contributed by atoms with Gasteiger partial charge in [0.25, 0.3) is 0 Å². The van der Waals surface area contributed by atoms with Crippen LogP contribution in [0.2, 0.25) is 0 Å². The van der Waals surface area contributed by atoms with E-state index in [9.17, 15) is 4.79 Å². The van der Waals surface area contributed by atoms with Gasteiger partial charge >= 0.3 is 0 Å². The van der Waals surface area contributed by atoms with Gasteiger partial charge in [-0.25, -0.2) is 0 Å². The van der Waals surface area contributed by atoms with Gasteiger partial charge in [0, 0.05) is 9.37 Å². The summed E-state index contributed by atoms with van der Waals surface area (Å²) in [6.45, 7) is 0. The van der Waals surface area contributed by atoms with E-state index in [0.29, 0.717) is 5.75 Å². The van der Waals surface area contributed by atoms with Gasteiger partial charge in [0.05, 0.1) is 12.2 Å². The highest BCUT2D eigenvalue weighted by molar-refractivity contribution is 9.10. The first kappa shape index (κ1) is 11.4. The van der Waals surface area contributed by atoms with Crippen LogP contribution in [-0.2, 0) is 4.79 Å². The summed E-state index contributed by atoms with van der Waals surface area (Å²) in [7, 11) is 0. The molecule has 0 heterocycles. The number of carbonyl (C=O) groups excluding carboxylic acids is 1. The molecule has 0 unspecified atom stereocenters. The number of halogens is 1. The zero-order valence-corrected chi connectivity index (χ0v) is 9.90. The molecular formula is C11H9BrOS. The lowest BCUT2D eigenvalue weighted by molar-refractivity contribution is -0.115. The van der Waals surface area contributed by atoms with Crippen LogP contribution in [0.5, 0.6) is 0 Å². The van der Waals surface area contributed by atoms with Crippen molar-refractivity contribution in [3.05, 3.63) is 28.7 Å². The third kappa shape index (κ3) is 3.99. The van der Waals surface area contributed by atoms with E-state index in [4.69, 9.17) is 6.42 Å². The maximum absolute atomic E-state index is 11.1. The molecule has 0 aromatic heterocycles. The van der Waals surface area contributed by atoms with Gasteiger partial charge in [-0.05, 0) is 24.3 Å². The van der Waals surface area contributed by atoms with Gasteiger partial charge in [-0.2, -0.15) is 0 Å². The molecule has 0 aliphatic heterocycles. The molecule has 3 heteroatoms. The Bertz CT molecular complexity index is 351. The summed E-state index contributed by atoms with van der Waals surface area (Å²) < 4.78 is 1.04. The lowest BCUT2D eigenvalue weighted by Gasteiger charge is -1.99. The van der Waals surface area contributed by atoms with Gasteiger partial charge in [0.1, 0.15) is 0 Å². The van der Waals surface area contributed by atoms with Crippen molar-refractivity contribution in [1.29, 1.82) is 0 Å². The molecule has 0 amide bonds. The van der Waals surface area contributed by atoms with Gasteiger partial charge in [0.15, 0.2) is 5.78 Å². The molecule has 1 aromatic rings. The maximum Gasteiger partial charge on any atom is 0.154 e. The van der Waals surface area contributed by atoms with Crippen molar-refractivity contribution in [2.75, 3.05) is 5.75 Å². The molecule has 0 bridgehead atoms. The van der Waals surface area contributed by atoms with E-state index >= 15 is 0 Å². The number of hydrogen-bond donors (Lipinski definition) is 0. The summed E-state index contributed by atoms with van der Waals surface area (Å²) in [5, 5.41) is 0. The van der Waals surface area contributed by atoms with E-state index in [1.165, 1.54) is 11.8 Å². The van der Waals surface area contributed by atoms with E-state index in [1.54, 1.807) is 0 Å². The van der Waals surface area contributed by atoms with Crippen molar-refractivity contribution in [2.45, 2.75) is 11.3 Å². The fraction of sp³-hybridized carbons (Fsp3) is 0.182. The molecule has 0 N–H and O–H groups in total. The molecule has 1 aromatic carbocycles. The fourth-order valence-corrected chi connectivity index (χ4v) is 1.88. The summed E-state index contributed by atoms with van der Waals surface area (Å²) in [6.07, 6.45) is 5.26. The Labute approximate surface area is 96.4 Å². The Morgan fingerprint density at radius 2 is 2.07 bits per heavy atom. The normalized spacial score (nSPS) is 9.43. The predicted molar refractivity (Wildman–Crippen MR) is 63.3 cm³/mol. The molecule has 1 nitrogen and oxygen atoms in total. The topological polar surface area (TPSA) is 17.1 Å². The minimum atomic E-state index is 0.0976. The maximum atomic E-state index is 11.1. The van der Waals surface area contributed by atoms with Crippen LogP contribution in [-0.4, -0.2) is 11.5 Å². The Morgan fingerprint density at radius 3 is 2.64 bits per heavy atom. The van der Waals surface area contributed by atoms with Crippen LogP contribution >= 0.6 is 27.7 Å². The van der Waals surface area contributed by atoms with Crippen molar-refractivity contribution in [2.24, 2.45) is 0 Å². The largest absolute Gasteiger partial charge is 0.298 e. The zero-order chi connectivity index (χ0) is 10.4. The number of terminal acetylenes is 1.